The van der Waals surface area contributed by atoms with Crippen LogP contribution in [0, 0.1) is 0 Å². The lowest BCUT2D eigenvalue weighted by Gasteiger charge is -2.11. The van der Waals surface area contributed by atoms with E-state index in [2.05, 4.69) is 42.0 Å². The highest BCUT2D eigenvalue weighted by Crippen LogP contribution is 2.24. The topological polar surface area (TPSA) is 102 Å². The van der Waals surface area contributed by atoms with Crippen LogP contribution in [0.4, 0.5) is 0 Å². The Morgan fingerprint density at radius 2 is 1.73 bits per heavy atom. The van der Waals surface area contributed by atoms with Crippen molar-refractivity contribution in [1.29, 1.82) is 0 Å². The first-order valence-electron chi connectivity index (χ1n) is 9.95. The van der Waals surface area contributed by atoms with Gasteiger partial charge in [-0.2, -0.15) is 0 Å². The first-order chi connectivity index (χ1) is 16.1. The smallest absolute Gasteiger partial charge is 0.269 e. The van der Waals surface area contributed by atoms with Crippen LogP contribution in [0.2, 0.25) is 0 Å². The molecule has 0 aliphatic heterocycles. The summed E-state index contributed by atoms with van der Waals surface area (Å²) in [5.74, 6) is -0.0337. The summed E-state index contributed by atoms with van der Waals surface area (Å²) in [4.78, 5) is 28.7. The van der Waals surface area contributed by atoms with Crippen molar-refractivity contribution in [2.45, 2.75) is 11.7 Å². The highest BCUT2D eigenvalue weighted by molar-refractivity contribution is 9.10. The Kier molecular flexibility index (Phi) is 7.48. The van der Waals surface area contributed by atoms with Gasteiger partial charge in [0.05, 0.1) is 12.3 Å². The van der Waals surface area contributed by atoms with E-state index in [0.29, 0.717) is 23.1 Å². The summed E-state index contributed by atoms with van der Waals surface area (Å²) in [5, 5.41) is 9.21. The van der Waals surface area contributed by atoms with Crippen LogP contribution in [-0.2, 0) is 11.3 Å². The van der Waals surface area contributed by atoms with Crippen LogP contribution < -0.4 is 10.9 Å². The lowest BCUT2D eigenvalue weighted by molar-refractivity contribution is -0.119. The maximum atomic E-state index is 12.3. The van der Waals surface area contributed by atoms with Crippen molar-refractivity contribution >= 4 is 39.5 Å². The Labute approximate surface area is 202 Å². The number of benzene rings is 2. The molecule has 33 heavy (non-hydrogen) atoms. The van der Waals surface area contributed by atoms with Gasteiger partial charge in [0.1, 0.15) is 0 Å². The van der Waals surface area contributed by atoms with Gasteiger partial charge in [-0.05, 0) is 42.0 Å². The van der Waals surface area contributed by atoms with E-state index in [1.807, 2.05) is 47.0 Å². The Morgan fingerprint density at radius 1 is 0.939 bits per heavy atom. The predicted octanol–water partition coefficient (Wildman–Crippen LogP) is 3.70. The summed E-state index contributed by atoms with van der Waals surface area (Å²) in [7, 11) is 0. The fourth-order valence-electron chi connectivity index (χ4n) is 2.98. The van der Waals surface area contributed by atoms with Crippen molar-refractivity contribution in [2.24, 2.45) is 0 Å². The van der Waals surface area contributed by atoms with Gasteiger partial charge < -0.3 is 0 Å². The number of nitrogens with one attached hydrogen (secondary N) is 2. The molecule has 2 N–H and O–H groups in total. The molecule has 0 aliphatic carbocycles. The van der Waals surface area contributed by atoms with Crippen LogP contribution in [-0.4, -0.2) is 37.3 Å². The van der Waals surface area contributed by atoms with Crippen LogP contribution in [0.15, 0.2) is 88.8 Å². The first kappa shape index (κ1) is 22.7. The molecule has 0 bridgehead atoms. The second-order valence-electron chi connectivity index (χ2n) is 6.92. The van der Waals surface area contributed by atoms with Gasteiger partial charge in [0.15, 0.2) is 11.0 Å². The van der Waals surface area contributed by atoms with Crippen LogP contribution >= 0.6 is 27.7 Å². The molecule has 0 fully saturated rings. The zero-order valence-electron chi connectivity index (χ0n) is 17.3. The van der Waals surface area contributed by atoms with Gasteiger partial charge in [0.25, 0.3) is 5.91 Å². The van der Waals surface area contributed by atoms with E-state index in [0.717, 1.165) is 15.6 Å². The number of thioether (sulfide) groups is 1. The Bertz CT molecular complexity index is 1230. The maximum absolute atomic E-state index is 12.3. The fourth-order valence-corrected chi connectivity index (χ4v) is 3.98. The van der Waals surface area contributed by atoms with E-state index in [1.54, 1.807) is 36.7 Å². The predicted molar refractivity (Wildman–Crippen MR) is 129 cm³/mol. The molecule has 0 radical (unpaired) electrons. The van der Waals surface area contributed by atoms with Crippen molar-refractivity contribution in [1.82, 2.24) is 30.6 Å². The first-order valence-corrected chi connectivity index (χ1v) is 11.7. The lowest BCUT2D eigenvalue weighted by Crippen LogP contribution is -2.42. The molecular weight excluding hydrogens is 504 g/mol. The fraction of sp³-hybridized carbons (Fsp3) is 0.0870. The van der Waals surface area contributed by atoms with Gasteiger partial charge in [-0.25, -0.2) is 0 Å². The standard InChI is InChI=1S/C23H19BrN6O2S/c24-19-10-8-17(9-11-19)22(32)28-26-20(31)15-33-23-29-27-21(18-7-4-12-25-13-18)30(23)14-16-5-2-1-3-6-16/h1-13H,14-15H2,(H,26,31)(H,28,32). The lowest BCUT2D eigenvalue weighted by atomic mass is 10.2. The largest absolute Gasteiger partial charge is 0.297 e. The zero-order chi connectivity index (χ0) is 23.0. The van der Waals surface area contributed by atoms with Crippen molar-refractivity contribution in [3.8, 4) is 11.4 Å². The van der Waals surface area contributed by atoms with Gasteiger partial charge in [-0.1, -0.05) is 58.0 Å². The van der Waals surface area contributed by atoms with Crippen molar-refractivity contribution < 1.29 is 9.59 Å². The zero-order valence-corrected chi connectivity index (χ0v) is 19.7. The summed E-state index contributed by atoms with van der Waals surface area (Å²) in [6.45, 7) is 0.544. The van der Waals surface area contributed by atoms with E-state index in [4.69, 9.17) is 0 Å². The van der Waals surface area contributed by atoms with Gasteiger partial charge in [0.2, 0.25) is 5.91 Å². The average molecular weight is 523 g/mol. The van der Waals surface area contributed by atoms with Crippen LogP contribution in [0.1, 0.15) is 15.9 Å². The van der Waals surface area contributed by atoms with E-state index >= 15 is 0 Å². The number of pyridine rings is 1. The molecule has 0 unspecified atom stereocenters. The number of hydrogen-bond donors (Lipinski definition) is 2. The number of amides is 2. The molecule has 0 atom stereocenters. The number of carbonyl (C=O) groups is 2. The molecule has 10 heteroatoms. The quantitative estimate of drug-likeness (QED) is 0.283. The van der Waals surface area contributed by atoms with E-state index < -0.39 is 5.91 Å². The highest BCUT2D eigenvalue weighted by atomic mass is 79.9. The highest BCUT2D eigenvalue weighted by Gasteiger charge is 2.16. The minimum absolute atomic E-state index is 0.0561. The normalized spacial score (nSPS) is 10.6. The number of aromatic nitrogens is 4. The van der Waals surface area contributed by atoms with Gasteiger partial charge in [-0.15, -0.1) is 10.2 Å². The van der Waals surface area contributed by atoms with Crippen molar-refractivity contribution in [2.75, 3.05) is 5.75 Å². The summed E-state index contributed by atoms with van der Waals surface area (Å²) >= 11 is 4.56. The van der Waals surface area contributed by atoms with E-state index in [9.17, 15) is 9.59 Å². The summed E-state index contributed by atoms with van der Waals surface area (Å²) in [6, 6.07) is 20.5. The van der Waals surface area contributed by atoms with Crippen LogP contribution in [0.25, 0.3) is 11.4 Å². The van der Waals surface area contributed by atoms with E-state index in [1.165, 1.54) is 11.8 Å². The third-order valence-corrected chi connectivity index (χ3v) is 6.07. The number of hydrogen-bond acceptors (Lipinski definition) is 6. The number of hydrazine groups is 1. The Hall–Kier alpha value is -3.50. The van der Waals surface area contributed by atoms with Crippen molar-refractivity contribution in [3.05, 3.63) is 94.7 Å². The molecule has 4 aromatic rings. The van der Waals surface area contributed by atoms with Crippen LogP contribution in [0.3, 0.4) is 0 Å². The molecule has 166 valence electrons. The number of halogens is 1. The number of carbonyl (C=O) groups excluding carboxylic acids is 2. The SMILES string of the molecule is O=C(CSc1nnc(-c2cccnc2)n1Cc1ccccc1)NNC(=O)c1ccc(Br)cc1. The molecular formula is C23H19BrN6O2S. The summed E-state index contributed by atoms with van der Waals surface area (Å²) < 4.78 is 2.81. The molecule has 0 saturated carbocycles. The Balaban J connectivity index is 1.42. The maximum Gasteiger partial charge on any atom is 0.269 e. The minimum Gasteiger partial charge on any atom is -0.297 e. The molecule has 2 amide bonds. The molecule has 2 aromatic carbocycles. The minimum atomic E-state index is -0.396. The Morgan fingerprint density at radius 3 is 2.45 bits per heavy atom. The second-order valence-corrected chi connectivity index (χ2v) is 8.78. The van der Waals surface area contributed by atoms with Crippen molar-refractivity contribution in [3.63, 3.8) is 0 Å². The molecule has 0 saturated heterocycles. The monoisotopic (exact) mass is 522 g/mol. The van der Waals surface area contributed by atoms with Gasteiger partial charge in [-0.3, -0.25) is 30.0 Å². The van der Waals surface area contributed by atoms with Gasteiger partial charge in [0, 0.05) is 28.0 Å². The number of rotatable bonds is 7. The van der Waals surface area contributed by atoms with E-state index in [-0.39, 0.29) is 11.7 Å². The molecule has 2 aromatic heterocycles. The second kappa shape index (κ2) is 10.9. The molecule has 8 nitrogen and oxygen atoms in total. The summed E-state index contributed by atoms with van der Waals surface area (Å²) in [5.41, 5.74) is 7.21. The third kappa shape index (κ3) is 6.05. The number of nitrogens with zero attached hydrogens (tertiary/aromatic N) is 4. The molecule has 0 aliphatic rings. The molecule has 4 rings (SSSR count). The average Bonchev–Trinajstić information content (AvgIpc) is 3.25. The molecule has 2 heterocycles. The van der Waals surface area contributed by atoms with Crippen LogP contribution in [0.5, 0.6) is 0 Å². The summed E-state index contributed by atoms with van der Waals surface area (Å²) in [6.07, 6.45) is 3.42. The molecule has 0 spiro atoms. The van der Waals surface area contributed by atoms with Gasteiger partial charge >= 0.3 is 0 Å². The third-order valence-electron chi connectivity index (χ3n) is 4.57.